The predicted octanol–water partition coefficient (Wildman–Crippen LogP) is 0.539. The van der Waals surface area contributed by atoms with E-state index in [9.17, 15) is 13.2 Å². The van der Waals surface area contributed by atoms with E-state index in [4.69, 9.17) is 9.88 Å². The lowest BCUT2D eigenvalue weighted by molar-refractivity contribution is -0.196. The largest absolute Gasteiger partial charge is 0.460 e. The molecule has 16 heavy (non-hydrogen) atoms. The summed E-state index contributed by atoms with van der Waals surface area (Å²) in [6.45, 7) is 5.39. The van der Waals surface area contributed by atoms with Crippen LogP contribution in [0, 0.1) is 5.41 Å². The van der Waals surface area contributed by atoms with Gasteiger partial charge in [-0.15, -0.1) is 0 Å². The third-order valence-electron chi connectivity index (χ3n) is 3.42. The molecule has 92 valence electrons. The summed E-state index contributed by atoms with van der Waals surface area (Å²) in [5.41, 5.74) is -1.10. The Kier molecular flexibility index (Phi) is 2.07. The van der Waals surface area contributed by atoms with Gasteiger partial charge in [0, 0.05) is 0 Å². The second-order valence-corrected chi connectivity index (χ2v) is 8.00. The molecule has 5 nitrogen and oxygen atoms in total. The van der Waals surface area contributed by atoms with Crippen LogP contribution in [0.5, 0.6) is 0 Å². The molecule has 0 unspecified atom stereocenters. The smallest absolute Gasteiger partial charge is 0.312 e. The molecular weight excluding hydrogens is 230 g/mol. The second-order valence-electron chi connectivity index (χ2n) is 6.04. The van der Waals surface area contributed by atoms with Crippen LogP contribution >= 0.6 is 0 Å². The summed E-state index contributed by atoms with van der Waals surface area (Å²) in [5.74, 6) is -0.287. The molecule has 2 bridgehead atoms. The molecular formula is C10H17NO4S. The van der Waals surface area contributed by atoms with Crippen molar-refractivity contribution in [1.82, 2.24) is 0 Å². The Morgan fingerprint density at radius 1 is 1.25 bits per heavy atom. The molecule has 0 aromatic carbocycles. The van der Waals surface area contributed by atoms with Crippen molar-refractivity contribution in [3.05, 3.63) is 0 Å². The number of ether oxygens (including phenoxy) is 1. The monoisotopic (exact) mass is 247 g/mol. The molecule has 0 spiro atoms. The second kappa shape index (κ2) is 2.79. The number of sulfonamides is 1. The van der Waals surface area contributed by atoms with E-state index in [1.54, 1.807) is 20.8 Å². The predicted molar refractivity (Wildman–Crippen MR) is 58.0 cm³/mol. The molecule has 3 saturated carbocycles. The summed E-state index contributed by atoms with van der Waals surface area (Å²) >= 11 is 0. The number of hydrogen-bond acceptors (Lipinski definition) is 4. The summed E-state index contributed by atoms with van der Waals surface area (Å²) in [4.78, 5) is 11.8. The van der Waals surface area contributed by atoms with Crippen molar-refractivity contribution in [2.24, 2.45) is 10.6 Å². The summed E-state index contributed by atoms with van der Waals surface area (Å²) in [6.07, 6.45) is 0.981. The summed E-state index contributed by atoms with van der Waals surface area (Å²) < 4.78 is 26.9. The van der Waals surface area contributed by atoms with E-state index in [0.29, 0.717) is 19.3 Å². The number of nitrogens with two attached hydrogens (primary N) is 1. The van der Waals surface area contributed by atoms with Crippen LogP contribution in [0.2, 0.25) is 0 Å². The Balaban J connectivity index is 2.02. The minimum absolute atomic E-state index is 0.287. The maximum Gasteiger partial charge on any atom is 0.312 e. The lowest BCUT2D eigenvalue weighted by atomic mass is 9.43. The molecule has 0 aromatic heterocycles. The Morgan fingerprint density at radius 3 is 2.00 bits per heavy atom. The molecule has 6 heteroatoms. The molecule has 0 heterocycles. The Morgan fingerprint density at radius 2 is 1.69 bits per heavy atom. The van der Waals surface area contributed by atoms with Crippen LogP contribution in [0.25, 0.3) is 0 Å². The van der Waals surface area contributed by atoms with Gasteiger partial charge in [0.05, 0.1) is 10.2 Å². The molecule has 0 amide bonds. The highest BCUT2D eigenvalue weighted by Gasteiger charge is 2.77. The average molecular weight is 247 g/mol. The summed E-state index contributed by atoms with van der Waals surface area (Å²) in [6, 6.07) is 0. The van der Waals surface area contributed by atoms with Gasteiger partial charge in [-0.1, -0.05) is 0 Å². The molecule has 3 aliphatic carbocycles. The van der Waals surface area contributed by atoms with Crippen molar-refractivity contribution in [1.29, 1.82) is 0 Å². The Hall–Kier alpha value is -0.620. The first kappa shape index (κ1) is 11.9. The van der Waals surface area contributed by atoms with Gasteiger partial charge in [0.1, 0.15) is 5.60 Å². The van der Waals surface area contributed by atoms with E-state index in [-0.39, 0.29) is 5.97 Å². The maximum atomic E-state index is 11.8. The number of carbonyl (C=O) groups is 1. The quantitative estimate of drug-likeness (QED) is 0.721. The van der Waals surface area contributed by atoms with E-state index in [0.717, 1.165) is 0 Å². The van der Waals surface area contributed by atoms with E-state index in [1.807, 2.05) is 0 Å². The van der Waals surface area contributed by atoms with Gasteiger partial charge in [0.2, 0.25) is 10.0 Å². The maximum absolute atomic E-state index is 11.8. The molecule has 0 atom stereocenters. The topological polar surface area (TPSA) is 86.5 Å². The van der Waals surface area contributed by atoms with Crippen molar-refractivity contribution in [2.45, 2.75) is 50.4 Å². The zero-order valence-electron chi connectivity index (χ0n) is 9.74. The van der Waals surface area contributed by atoms with Gasteiger partial charge >= 0.3 is 5.97 Å². The van der Waals surface area contributed by atoms with Crippen molar-refractivity contribution < 1.29 is 17.9 Å². The number of rotatable bonds is 2. The van der Waals surface area contributed by atoms with Crippen molar-refractivity contribution in [3.8, 4) is 0 Å². The normalized spacial score (nSPS) is 37.2. The van der Waals surface area contributed by atoms with Crippen LogP contribution in [0.15, 0.2) is 0 Å². The minimum atomic E-state index is -3.52. The van der Waals surface area contributed by atoms with Crippen molar-refractivity contribution >= 4 is 16.0 Å². The van der Waals surface area contributed by atoms with Crippen LogP contribution in [-0.4, -0.2) is 24.7 Å². The highest BCUT2D eigenvalue weighted by atomic mass is 32.2. The third-order valence-corrected chi connectivity index (χ3v) is 5.06. The first-order chi connectivity index (χ1) is 7.00. The van der Waals surface area contributed by atoms with Crippen LogP contribution in [-0.2, 0) is 19.6 Å². The van der Waals surface area contributed by atoms with Crippen LogP contribution in [0.1, 0.15) is 40.0 Å². The van der Waals surface area contributed by atoms with Gasteiger partial charge in [-0.3, -0.25) is 4.79 Å². The van der Waals surface area contributed by atoms with E-state index >= 15 is 0 Å². The highest BCUT2D eigenvalue weighted by Crippen LogP contribution is 2.70. The van der Waals surface area contributed by atoms with Crippen LogP contribution in [0.3, 0.4) is 0 Å². The van der Waals surface area contributed by atoms with E-state index in [1.165, 1.54) is 0 Å². The summed E-state index contributed by atoms with van der Waals surface area (Å²) in [7, 11) is -3.52. The van der Waals surface area contributed by atoms with Gasteiger partial charge in [0.25, 0.3) is 0 Å². The Labute approximate surface area is 95.4 Å². The highest BCUT2D eigenvalue weighted by molar-refractivity contribution is 7.90. The Bertz CT molecular complexity index is 426. The minimum Gasteiger partial charge on any atom is -0.460 e. The number of primary sulfonamides is 1. The molecule has 0 saturated heterocycles. The van der Waals surface area contributed by atoms with Crippen LogP contribution < -0.4 is 5.14 Å². The lowest BCUT2D eigenvalue weighted by Gasteiger charge is -2.66. The SMILES string of the molecule is CC(C)(C)OC(=O)C12CC(S(N)(=O)=O)(C1)C2. The molecule has 3 aliphatic rings. The van der Waals surface area contributed by atoms with E-state index < -0.39 is 25.8 Å². The molecule has 3 rings (SSSR count). The van der Waals surface area contributed by atoms with Crippen molar-refractivity contribution in [2.75, 3.05) is 0 Å². The lowest BCUT2D eigenvalue weighted by Crippen LogP contribution is -2.75. The van der Waals surface area contributed by atoms with Gasteiger partial charge in [-0.25, -0.2) is 13.6 Å². The number of carbonyl (C=O) groups excluding carboxylic acids is 1. The van der Waals surface area contributed by atoms with Gasteiger partial charge in [0.15, 0.2) is 0 Å². The first-order valence-corrected chi connectivity index (χ1v) is 6.80. The first-order valence-electron chi connectivity index (χ1n) is 5.26. The standard InChI is InChI=1S/C10H17NO4S/c1-8(2,3)15-7(12)9-4-10(5-9,6-9)16(11,13)14/h4-6H2,1-3H3,(H2,11,13,14). The molecule has 2 N–H and O–H groups in total. The average Bonchev–Trinajstić information content (AvgIpc) is 1.68. The van der Waals surface area contributed by atoms with E-state index in [2.05, 4.69) is 0 Å². The molecule has 0 radical (unpaired) electrons. The number of hydrogen-bond donors (Lipinski definition) is 1. The fourth-order valence-electron chi connectivity index (χ4n) is 2.60. The molecule has 3 fully saturated rings. The summed E-state index contributed by atoms with van der Waals surface area (Å²) in [5, 5.41) is 5.12. The zero-order chi connectivity index (χ0) is 12.4. The fourth-order valence-corrected chi connectivity index (χ4v) is 4.03. The fraction of sp³-hybridized carbons (Fsp3) is 0.900. The molecule has 0 aromatic rings. The number of esters is 1. The van der Waals surface area contributed by atoms with Gasteiger partial charge in [-0.05, 0) is 40.0 Å². The van der Waals surface area contributed by atoms with Gasteiger partial charge < -0.3 is 4.74 Å². The molecule has 0 aliphatic heterocycles. The van der Waals surface area contributed by atoms with Gasteiger partial charge in [-0.2, -0.15) is 0 Å². The third kappa shape index (κ3) is 1.47. The van der Waals surface area contributed by atoms with Crippen LogP contribution in [0.4, 0.5) is 0 Å². The zero-order valence-corrected chi connectivity index (χ0v) is 10.6. The van der Waals surface area contributed by atoms with Crippen molar-refractivity contribution in [3.63, 3.8) is 0 Å².